The molecule has 21 heavy (non-hydrogen) atoms. The molecule has 2 aromatic rings. The van der Waals surface area contributed by atoms with E-state index in [0.717, 1.165) is 5.56 Å². The Labute approximate surface area is 121 Å². The summed E-state index contributed by atoms with van der Waals surface area (Å²) in [5.74, 6) is -0.480. The Hall–Kier alpha value is -2.83. The fourth-order valence-electron chi connectivity index (χ4n) is 1.82. The summed E-state index contributed by atoms with van der Waals surface area (Å²) in [5.41, 5.74) is 0.844. The third-order valence-corrected chi connectivity index (χ3v) is 2.86. The zero-order chi connectivity index (χ0) is 15.1. The molecule has 7 heteroatoms. The number of rotatable bonds is 6. The highest BCUT2D eigenvalue weighted by molar-refractivity contribution is 5.82. The van der Waals surface area contributed by atoms with Gasteiger partial charge in [-0.1, -0.05) is 30.3 Å². The van der Waals surface area contributed by atoms with Crippen LogP contribution < -0.4 is 10.6 Å². The molecule has 1 aromatic carbocycles. The molecular weight excluding hydrogens is 272 g/mol. The molecule has 0 saturated heterocycles. The third-order valence-electron chi connectivity index (χ3n) is 2.86. The normalized spacial score (nSPS) is 11.6. The second-order valence-corrected chi connectivity index (χ2v) is 4.44. The maximum absolute atomic E-state index is 11.7. The number of carboxylic acids is 1. The second kappa shape index (κ2) is 7.09. The van der Waals surface area contributed by atoms with E-state index in [-0.39, 0.29) is 13.0 Å². The number of hydrogen-bond acceptors (Lipinski definition) is 3. The summed E-state index contributed by atoms with van der Waals surface area (Å²) in [4.78, 5) is 29.7. The van der Waals surface area contributed by atoms with Crippen molar-refractivity contribution in [3.05, 3.63) is 54.1 Å². The van der Waals surface area contributed by atoms with Crippen molar-refractivity contribution in [2.24, 2.45) is 0 Å². The summed E-state index contributed by atoms with van der Waals surface area (Å²) in [6.07, 6.45) is 3.44. The van der Waals surface area contributed by atoms with Crippen LogP contribution in [0.15, 0.2) is 42.7 Å². The molecule has 1 heterocycles. The first-order chi connectivity index (χ1) is 10.1. The molecule has 0 unspecified atom stereocenters. The van der Waals surface area contributed by atoms with Crippen molar-refractivity contribution in [1.82, 2.24) is 20.6 Å². The van der Waals surface area contributed by atoms with Crippen LogP contribution in [0.2, 0.25) is 0 Å². The third kappa shape index (κ3) is 4.64. The molecule has 0 bridgehead atoms. The zero-order valence-electron chi connectivity index (χ0n) is 11.2. The molecule has 0 saturated carbocycles. The van der Waals surface area contributed by atoms with Crippen molar-refractivity contribution in [2.45, 2.75) is 19.0 Å². The molecule has 0 fully saturated rings. The van der Waals surface area contributed by atoms with Gasteiger partial charge >= 0.3 is 12.0 Å². The lowest BCUT2D eigenvalue weighted by atomic mass is 10.1. The predicted octanol–water partition coefficient (Wildman–Crippen LogP) is 0.905. The molecule has 0 radical (unpaired) electrons. The van der Waals surface area contributed by atoms with E-state index in [9.17, 15) is 14.7 Å². The molecular formula is C14H16N4O3. The number of benzene rings is 1. The van der Waals surface area contributed by atoms with Crippen molar-refractivity contribution in [2.75, 3.05) is 0 Å². The monoisotopic (exact) mass is 288 g/mol. The molecule has 1 atom stereocenters. The number of carboxylic acid groups (broad SMARTS) is 1. The number of urea groups is 1. The van der Waals surface area contributed by atoms with Crippen molar-refractivity contribution in [3.8, 4) is 0 Å². The largest absolute Gasteiger partial charge is 0.480 e. The number of aromatic amines is 1. The van der Waals surface area contributed by atoms with Crippen LogP contribution in [0.4, 0.5) is 4.79 Å². The van der Waals surface area contributed by atoms with Gasteiger partial charge in [-0.3, -0.25) is 0 Å². The molecule has 0 spiro atoms. The first kappa shape index (κ1) is 14.6. The molecule has 0 aliphatic carbocycles. The highest BCUT2D eigenvalue weighted by atomic mass is 16.4. The van der Waals surface area contributed by atoms with E-state index in [1.165, 1.54) is 0 Å². The van der Waals surface area contributed by atoms with Crippen LogP contribution in [0.25, 0.3) is 0 Å². The summed E-state index contributed by atoms with van der Waals surface area (Å²) in [5, 5.41) is 14.2. The molecule has 4 N–H and O–H groups in total. The summed E-state index contributed by atoms with van der Waals surface area (Å²) in [6, 6.07) is 7.61. The van der Waals surface area contributed by atoms with Crippen LogP contribution in [0.1, 0.15) is 11.4 Å². The number of H-pyrrole nitrogens is 1. The lowest BCUT2D eigenvalue weighted by Crippen LogP contribution is -2.47. The van der Waals surface area contributed by atoms with Crippen molar-refractivity contribution in [3.63, 3.8) is 0 Å². The van der Waals surface area contributed by atoms with Gasteiger partial charge in [-0.2, -0.15) is 0 Å². The topological polar surface area (TPSA) is 107 Å². The number of carbonyl (C=O) groups excluding carboxylic acids is 1. The molecule has 2 rings (SSSR count). The number of hydrogen-bond donors (Lipinski definition) is 4. The maximum atomic E-state index is 11.7. The van der Waals surface area contributed by atoms with Gasteiger partial charge in [0.15, 0.2) is 0 Å². The van der Waals surface area contributed by atoms with Gasteiger partial charge in [0, 0.05) is 18.8 Å². The first-order valence-corrected chi connectivity index (χ1v) is 6.44. The summed E-state index contributed by atoms with van der Waals surface area (Å²) in [7, 11) is 0. The predicted molar refractivity (Wildman–Crippen MR) is 75.5 cm³/mol. The van der Waals surface area contributed by atoms with Crippen molar-refractivity contribution < 1.29 is 14.7 Å². The SMILES string of the molecule is O=C(NCc1ncc[nH]1)N[C@H](Cc1ccccc1)C(=O)O. The lowest BCUT2D eigenvalue weighted by molar-refractivity contribution is -0.139. The van der Waals surface area contributed by atoms with E-state index in [1.807, 2.05) is 30.3 Å². The number of amides is 2. The van der Waals surface area contributed by atoms with Crippen LogP contribution in [0.3, 0.4) is 0 Å². The van der Waals surface area contributed by atoms with Gasteiger partial charge in [-0.25, -0.2) is 14.6 Å². The van der Waals surface area contributed by atoms with Gasteiger partial charge in [0.2, 0.25) is 0 Å². The number of nitrogens with one attached hydrogen (secondary N) is 3. The molecule has 0 aliphatic rings. The smallest absolute Gasteiger partial charge is 0.326 e. The number of carbonyl (C=O) groups is 2. The van der Waals surface area contributed by atoms with Crippen LogP contribution in [0, 0.1) is 0 Å². The number of aromatic nitrogens is 2. The van der Waals surface area contributed by atoms with E-state index >= 15 is 0 Å². The first-order valence-electron chi connectivity index (χ1n) is 6.44. The summed E-state index contributed by atoms with van der Waals surface area (Å²) in [6.45, 7) is 0.205. The lowest BCUT2D eigenvalue weighted by Gasteiger charge is -2.15. The van der Waals surface area contributed by atoms with Gasteiger partial charge in [0.25, 0.3) is 0 Å². The van der Waals surface area contributed by atoms with Gasteiger partial charge < -0.3 is 20.7 Å². The Morgan fingerprint density at radius 1 is 1.29 bits per heavy atom. The van der Waals surface area contributed by atoms with Gasteiger partial charge in [0.05, 0.1) is 6.54 Å². The van der Waals surface area contributed by atoms with Gasteiger partial charge in [0.1, 0.15) is 11.9 Å². The Morgan fingerprint density at radius 2 is 2.05 bits per heavy atom. The van der Waals surface area contributed by atoms with Crippen LogP contribution in [-0.2, 0) is 17.8 Å². The fourth-order valence-corrected chi connectivity index (χ4v) is 1.82. The molecule has 7 nitrogen and oxygen atoms in total. The van der Waals surface area contributed by atoms with E-state index in [2.05, 4.69) is 20.6 Å². The van der Waals surface area contributed by atoms with E-state index < -0.39 is 18.0 Å². The van der Waals surface area contributed by atoms with Crippen molar-refractivity contribution in [1.29, 1.82) is 0 Å². The number of nitrogens with zero attached hydrogens (tertiary/aromatic N) is 1. The highest BCUT2D eigenvalue weighted by Gasteiger charge is 2.20. The zero-order valence-corrected chi connectivity index (χ0v) is 11.2. The van der Waals surface area contributed by atoms with Gasteiger partial charge in [-0.05, 0) is 5.56 Å². The van der Waals surface area contributed by atoms with Crippen LogP contribution in [0.5, 0.6) is 0 Å². The minimum absolute atomic E-state index is 0.205. The van der Waals surface area contributed by atoms with Crippen LogP contribution in [-0.4, -0.2) is 33.1 Å². The fraction of sp³-hybridized carbons (Fsp3) is 0.214. The summed E-state index contributed by atoms with van der Waals surface area (Å²) >= 11 is 0. The molecule has 0 aliphatic heterocycles. The molecule has 110 valence electrons. The molecule has 2 amide bonds. The van der Waals surface area contributed by atoms with Crippen LogP contribution >= 0.6 is 0 Å². The van der Waals surface area contributed by atoms with Crippen molar-refractivity contribution >= 4 is 12.0 Å². The minimum atomic E-state index is -1.08. The Balaban J connectivity index is 1.87. The van der Waals surface area contributed by atoms with E-state index in [4.69, 9.17) is 0 Å². The number of aliphatic carboxylic acids is 1. The second-order valence-electron chi connectivity index (χ2n) is 4.44. The maximum Gasteiger partial charge on any atom is 0.326 e. The minimum Gasteiger partial charge on any atom is -0.480 e. The van der Waals surface area contributed by atoms with Gasteiger partial charge in [-0.15, -0.1) is 0 Å². The quantitative estimate of drug-likeness (QED) is 0.633. The highest BCUT2D eigenvalue weighted by Crippen LogP contribution is 2.03. The Morgan fingerprint density at radius 3 is 2.67 bits per heavy atom. The summed E-state index contributed by atoms with van der Waals surface area (Å²) < 4.78 is 0. The average Bonchev–Trinajstić information content (AvgIpc) is 2.99. The Bertz CT molecular complexity index is 584. The van der Waals surface area contributed by atoms with E-state index in [1.54, 1.807) is 12.4 Å². The Kier molecular flexibility index (Phi) is 4.92. The van der Waals surface area contributed by atoms with E-state index in [0.29, 0.717) is 5.82 Å². The standard InChI is InChI=1S/C14H16N4O3/c19-13(20)11(8-10-4-2-1-3-5-10)18-14(21)17-9-12-15-6-7-16-12/h1-7,11H,8-9H2,(H,15,16)(H,19,20)(H2,17,18,21)/t11-/m1/s1. The number of imidazole rings is 1. The molecule has 1 aromatic heterocycles. The average molecular weight is 288 g/mol.